The molecule has 0 aromatic carbocycles. The smallest absolute Gasteiger partial charge is 0.337 e. The highest BCUT2D eigenvalue weighted by atomic mass is 16.6. The van der Waals surface area contributed by atoms with Crippen molar-refractivity contribution < 1.29 is 28.6 Å². The summed E-state index contributed by atoms with van der Waals surface area (Å²) >= 11 is 0. The number of hydrogen-bond acceptors (Lipinski definition) is 6. The van der Waals surface area contributed by atoms with Gasteiger partial charge in [-0.25, -0.2) is 4.79 Å². The van der Waals surface area contributed by atoms with Gasteiger partial charge in [0.1, 0.15) is 6.61 Å². The highest BCUT2D eigenvalue weighted by Crippen LogP contribution is 2.32. The van der Waals surface area contributed by atoms with Crippen molar-refractivity contribution in [1.82, 2.24) is 5.32 Å². The van der Waals surface area contributed by atoms with E-state index >= 15 is 0 Å². The van der Waals surface area contributed by atoms with Gasteiger partial charge in [-0.3, -0.25) is 9.59 Å². The summed E-state index contributed by atoms with van der Waals surface area (Å²) in [6.07, 6.45) is -1.37. The zero-order valence-corrected chi connectivity index (χ0v) is 16.3. The van der Waals surface area contributed by atoms with Crippen LogP contribution in [-0.2, 0) is 28.6 Å². The monoisotopic (exact) mass is 357 g/mol. The number of carbonyl (C=O) groups excluding carboxylic acids is 3. The summed E-state index contributed by atoms with van der Waals surface area (Å²) in [5, 5.41) is 2.79. The summed E-state index contributed by atoms with van der Waals surface area (Å²) in [5.41, 5.74) is -0.608. The predicted octanol–water partition coefficient (Wildman–Crippen LogP) is 1.68. The number of carbonyl (C=O) groups is 3. The fraction of sp³-hybridized carbons (Fsp3) is 0.833. The molecule has 1 rings (SSSR count). The molecule has 0 spiro atoms. The summed E-state index contributed by atoms with van der Waals surface area (Å²) in [5.74, 6) is -1.15. The molecule has 3 unspecified atom stereocenters. The van der Waals surface area contributed by atoms with E-state index in [-0.39, 0.29) is 36.9 Å². The maximum Gasteiger partial charge on any atom is 0.337 e. The fourth-order valence-electron chi connectivity index (χ4n) is 2.77. The molecule has 1 N–H and O–H groups in total. The van der Waals surface area contributed by atoms with E-state index in [0.29, 0.717) is 0 Å². The van der Waals surface area contributed by atoms with E-state index in [1.54, 1.807) is 27.7 Å². The van der Waals surface area contributed by atoms with Crippen LogP contribution in [0.3, 0.4) is 0 Å². The average molecular weight is 357 g/mol. The standard InChI is InChI=1S/C18H31NO6/c1-8-23-16(21)15-14(19-12(4)20)11(3)10(2)13(25-15)9-24-17(22)18(5,6)7/h10-11,13-15H,8-9H2,1-7H3,(H,19,20)/t10-,11-,13?,14?,15?/m0/s1. The van der Waals surface area contributed by atoms with Gasteiger partial charge in [-0.2, -0.15) is 0 Å². The van der Waals surface area contributed by atoms with Crippen LogP contribution in [0, 0.1) is 17.3 Å². The minimum atomic E-state index is -0.923. The van der Waals surface area contributed by atoms with Crippen molar-refractivity contribution >= 4 is 17.8 Å². The van der Waals surface area contributed by atoms with Crippen LogP contribution in [0.25, 0.3) is 0 Å². The van der Waals surface area contributed by atoms with Crippen LogP contribution < -0.4 is 5.32 Å². The molecule has 7 heteroatoms. The third-order valence-electron chi connectivity index (χ3n) is 4.51. The van der Waals surface area contributed by atoms with Crippen LogP contribution in [0.2, 0.25) is 0 Å². The second kappa shape index (κ2) is 8.65. The first-order chi connectivity index (χ1) is 11.5. The molecule has 0 aromatic heterocycles. The van der Waals surface area contributed by atoms with Crippen LogP contribution in [0.4, 0.5) is 0 Å². The molecular formula is C18H31NO6. The summed E-state index contributed by atoms with van der Waals surface area (Å²) in [6.45, 7) is 12.6. The quantitative estimate of drug-likeness (QED) is 0.753. The van der Waals surface area contributed by atoms with Crippen molar-refractivity contribution in [3.63, 3.8) is 0 Å². The lowest BCUT2D eigenvalue weighted by Crippen LogP contribution is -2.60. The Kier molecular flexibility index (Phi) is 7.41. The van der Waals surface area contributed by atoms with Crippen LogP contribution in [0.5, 0.6) is 0 Å². The average Bonchev–Trinajstić information content (AvgIpc) is 2.49. The number of nitrogens with one attached hydrogen (secondary N) is 1. The minimum Gasteiger partial charge on any atom is -0.464 e. The number of esters is 2. The second-order valence-corrected chi connectivity index (χ2v) is 7.64. The first-order valence-electron chi connectivity index (χ1n) is 8.75. The van der Waals surface area contributed by atoms with E-state index in [1.807, 2.05) is 13.8 Å². The van der Waals surface area contributed by atoms with Crippen molar-refractivity contribution in [2.45, 2.75) is 66.7 Å². The first-order valence-corrected chi connectivity index (χ1v) is 8.75. The van der Waals surface area contributed by atoms with Gasteiger partial charge in [0.05, 0.1) is 24.2 Å². The molecule has 1 fully saturated rings. The van der Waals surface area contributed by atoms with Gasteiger partial charge in [-0.1, -0.05) is 13.8 Å². The van der Waals surface area contributed by atoms with E-state index < -0.39 is 29.6 Å². The van der Waals surface area contributed by atoms with Crippen LogP contribution in [0.1, 0.15) is 48.5 Å². The molecule has 1 aliphatic heterocycles. The highest BCUT2D eigenvalue weighted by molar-refractivity contribution is 5.79. The number of ether oxygens (including phenoxy) is 3. The summed E-state index contributed by atoms with van der Waals surface area (Å²) in [4.78, 5) is 35.8. The molecular weight excluding hydrogens is 326 g/mol. The maximum absolute atomic E-state index is 12.3. The van der Waals surface area contributed by atoms with Gasteiger partial charge in [-0.15, -0.1) is 0 Å². The highest BCUT2D eigenvalue weighted by Gasteiger charge is 2.46. The zero-order valence-electron chi connectivity index (χ0n) is 16.3. The number of rotatable bonds is 5. The SMILES string of the molecule is CCOC(=O)C1OC(COC(=O)C(C)(C)C)[C@@H](C)[C@H](C)C1NC(C)=O. The Morgan fingerprint density at radius 3 is 2.16 bits per heavy atom. The maximum atomic E-state index is 12.3. The molecule has 5 atom stereocenters. The second-order valence-electron chi connectivity index (χ2n) is 7.64. The minimum absolute atomic E-state index is 0.0182. The lowest BCUT2D eigenvalue weighted by atomic mass is 9.79. The van der Waals surface area contributed by atoms with E-state index in [2.05, 4.69) is 5.32 Å². The van der Waals surface area contributed by atoms with E-state index in [1.165, 1.54) is 6.92 Å². The van der Waals surface area contributed by atoms with E-state index in [0.717, 1.165) is 0 Å². The molecule has 1 saturated heterocycles. The zero-order chi connectivity index (χ0) is 19.4. The summed E-state index contributed by atoms with van der Waals surface area (Å²) in [7, 11) is 0. The predicted molar refractivity (Wildman–Crippen MR) is 91.6 cm³/mol. The van der Waals surface area contributed by atoms with Gasteiger partial charge in [0.25, 0.3) is 0 Å². The van der Waals surface area contributed by atoms with Gasteiger partial charge in [0.2, 0.25) is 5.91 Å². The third-order valence-corrected chi connectivity index (χ3v) is 4.51. The number of hydrogen-bond donors (Lipinski definition) is 1. The largest absolute Gasteiger partial charge is 0.464 e. The van der Waals surface area contributed by atoms with Gasteiger partial charge >= 0.3 is 11.9 Å². The molecule has 7 nitrogen and oxygen atoms in total. The molecule has 144 valence electrons. The van der Waals surface area contributed by atoms with Crippen LogP contribution in [-0.4, -0.2) is 49.3 Å². The molecule has 0 radical (unpaired) electrons. The molecule has 1 aliphatic rings. The van der Waals surface area contributed by atoms with E-state index in [4.69, 9.17) is 14.2 Å². The lowest BCUT2D eigenvalue weighted by molar-refractivity contribution is -0.189. The third kappa shape index (κ3) is 5.70. The first kappa shape index (κ1) is 21.4. The summed E-state index contributed by atoms with van der Waals surface area (Å²) in [6, 6.07) is -0.485. The molecule has 0 bridgehead atoms. The van der Waals surface area contributed by atoms with Crippen molar-refractivity contribution in [2.75, 3.05) is 13.2 Å². The van der Waals surface area contributed by atoms with Crippen LogP contribution in [0.15, 0.2) is 0 Å². The van der Waals surface area contributed by atoms with Crippen molar-refractivity contribution in [1.29, 1.82) is 0 Å². The molecule has 1 heterocycles. The Bertz CT molecular complexity index is 498. The number of amides is 1. The normalized spacial score (nSPS) is 29.6. The van der Waals surface area contributed by atoms with Gasteiger partial charge in [-0.05, 0) is 39.5 Å². The molecule has 0 aliphatic carbocycles. The van der Waals surface area contributed by atoms with Gasteiger partial charge in [0.15, 0.2) is 6.10 Å². The fourth-order valence-corrected chi connectivity index (χ4v) is 2.77. The molecule has 0 saturated carbocycles. The Morgan fingerprint density at radius 1 is 1.08 bits per heavy atom. The Morgan fingerprint density at radius 2 is 1.68 bits per heavy atom. The van der Waals surface area contributed by atoms with Crippen molar-refractivity contribution in [2.24, 2.45) is 17.3 Å². The van der Waals surface area contributed by atoms with Crippen LogP contribution >= 0.6 is 0 Å². The van der Waals surface area contributed by atoms with Crippen molar-refractivity contribution in [3.05, 3.63) is 0 Å². The summed E-state index contributed by atoms with van der Waals surface area (Å²) < 4.78 is 16.3. The molecule has 1 amide bonds. The Labute approximate surface area is 149 Å². The van der Waals surface area contributed by atoms with Gasteiger partial charge in [0, 0.05) is 6.92 Å². The molecule has 0 aromatic rings. The topological polar surface area (TPSA) is 90.9 Å². The van der Waals surface area contributed by atoms with Crippen molar-refractivity contribution in [3.8, 4) is 0 Å². The van der Waals surface area contributed by atoms with E-state index in [9.17, 15) is 14.4 Å². The lowest BCUT2D eigenvalue weighted by Gasteiger charge is -2.43. The Balaban J connectivity index is 2.90. The Hall–Kier alpha value is -1.63. The molecule has 25 heavy (non-hydrogen) atoms. The van der Waals surface area contributed by atoms with Gasteiger partial charge < -0.3 is 19.5 Å².